The number of rotatable bonds is 5. The van der Waals surface area contributed by atoms with Gasteiger partial charge in [0.25, 0.3) is 0 Å². The van der Waals surface area contributed by atoms with E-state index >= 15 is 0 Å². The molecule has 0 saturated carbocycles. The highest BCUT2D eigenvalue weighted by molar-refractivity contribution is 6.31. The van der Waals surface area contributed by atoms with Crippen LogP contribution < -0.4 is 4.74 Å². The Kier molecular flexibility index (Phi) is 6.56. The molecule has 2 aliphatic heterocycles. The van der Waals surface area contributed by atoms with Crippen molar-refractivity contribution in [2.75, 3.05) is 26.7 Å². The van der Waals surface area contributed by atoms with E-state index < -0.39 is 11.5 Å². The summed E-state index contributed by atoms with van der Waals surface area (Å²) in [6, 6.07) is 18.0. The number of hydrogen-bond donors (Lipinski definition) is 1. The lowest BCUT2D eigenvalue weighted by molar-refractivity contribution is -0.133. The first-order valence-corrected chi connectivity index (χ1v) is 12.8. The first-order chi connectivity index (χ1) is 17.3. The number of carbonyl (C=O) groups excluding carboxylic acids is 1. The van der Waals surface area contributed by atoms with Gasteiger partial charge < -0.3 is 19.6 Å². The van der Waals surface area contributed by atoms with E-state index in [1.807, 2.05) is 50.4 Å². The fraction of sp³-hybridized carbons (Fsp3) is 0.379. The minimum Gasteiger partial charge on any atom is -0.493 e. The summed E-state index contributed by atoms with van der Waals surface area (Å²) < 4.78 is 5.69. The van der Waals surface area contributed by atoms with E-state index in [2.05, 4.69) is 18.2 Å². The highest BCUT2D eigenvalue weighted by atomic mass is 35.5. The Labute approximate surface area is 216 Å². The zero-order chi connectivity index (χ0) is 25.4. The number of carbonyl (C=O) groups is 2. The summed E-state index contributed by atoms with van der Waals surface area (Å²) in [4.78, 5) is 28.7. The molecule has 0 aromatic heterocycles. The van der Waals surface area contributed by atoms with Crippen LogP contribution in [0.1, 0.15) is 48.9 Å². The Morgan fingerprint density at radius 1 is 1.14 bits per heavy atom. The van der Waals surface area contributed by atoms with Gasteiger partial charge in [0, 0.05) is 43.4 Å². The number of benzene rings is 3. The molecule has 3 aromatic rings. The minimum atomic E-state index is -0.907. The SMILES string of the molecule is CC(c1cc(Cl)cc2ccccc12)N(C)C(=O)CC1(c2ccc3c(c2)CCO3)CCN(C(=O)O)CC1. The van der Waals surface area contributed by atoms with Crippen molar-refractivity contribution in [3.8, 4) is 5.75 Å². The molecule has 5 rings (SSSR count). The molecule has 2 heterocycles. The predicted molar refractivity (Wildman–Crippen MR) is 141 cm³/mol. The number of likely N-dealkylation sites (tertiary alicyclic amines) is 1. The van der Waals surface area contributed by atoms with E-state index in [0.29, 0.717) is 44.0 Å². The maximum atomic E-state index is 13.8. The van der Waals surface area contributed by atoms with Crippen molar-refractivity contribution in [3.63, 3.8) is 0 Å². The maximum Gasteiger partial charge on any atom is 0.407 e. The van der Waals surface area contributed by atoms with Crippen LogP contribution in [0.25, 0.3) is 10.8 Å². The van der Waals surface area contributed by atoms with Crippen molar-refractivity contribution < 1.29 is 19.4 Å². The summed E-state index contributed by atoms with van der Waals surface area (Å²) in [7, 11) is 1.85. The first kappa shape index (κ1) is 24.4. The van der Waals surface area contributed by atoms with Crippen molar-refractivity contribution in [1.29, 1.82) is 0 Å². The Morgan fingerprint density at radius 3 is 2.64 bits per heavy atom. The van der Waals surface area contributed by atoms with Crippen LogP contribution in [-0.4, -0.2) is 53.7 Å². The van der Waals surface area contributed by atoms with Gasteiger partial charge in [-0.1, -0.05) is 48.0 Å². The molecule has 0 spiro atoms. The second-order valence-electron chi connectivity index (χ2n) is 10.0. The molecule has 7 heteroatoms. The van der Waals surface area contributed by atoms with E-state index in [4.69, 9.17) is 16.3 Å². The van der Waals surface area contributed by atoms with E-state index in [1.165, 1.54) is 4.90 Å². The monoisotopic (exact) mass is 506 g/mol. The third-order valence-corrected chi connectivity index (χ3v) is 8.28. The van der Waals surface area contributed by atoms with Crippen LogP contribution in [0.15, 0.2) is 54.6 Å². The Balaban J connectivity index is 1.44. The van der Waals surface area contributed by atoms with E-state index in [9.17, 15) is 14.7 Å². The number of nitrogens with zero attached hydrogens (tertiary/aromatic N) is 2. The number of hydrogen-bond acceptors (Lipinski definition) is 3. The lowest BCUT2D eigenvalue weighted by atomic mass is 9.69. The lowest BCUT2D eigenvalue weighted by Crippen LogP contribution is -2.47. The molecule has 36 heavy (non-hydrogen) atoms. The standard InChI is InChI=1S/C29H31ClN2O4/c1-19(25-17-23(30)16-20-5-3-4-6-24(20)25)31(2)27(33)18-29(10-12-32(13-11-29)28(34)35)22-7-8-26-21(15-22)9-14-36-26/h3-8,15-17,19H,9-14,18H2,1-2H3,(H,34,35). The molecule has 3 aromatic carbocycles. The smallest absolute Gasteiger partial charge is 0.407 e. The number of fused-ring (bicyclic) bond motifs is 2. The van der Waals surface area contributed by atoms with Crippen molar-refractivity contribution in [1.82, 2.24) is 9.80 Å². The average molecular weight is 507 g/mol. The van der Waals surface area contributed by atoms with Gasteiger partial charge in [-0.2, -0.15) is 0 Å². The number of carboxylic acid groups (broad SMARTS) is 1. The van der Waals surface area contributed by atoms with Gasteiger partial charge in [-0.05, 0) is 65.4 Å². The van der Waals surface area contributed by atoms with Crippen molar-refractivity contribution >= 4 is 34.4 Å². The molecule has 2 amide bonds. The summed E-state index contributed by atoms with van der Waals surface area (Å²) in [6.45, 7) is 3.52. The van der Waals surface area contributed by atoms with Crippen LogP contribution in [0.5, 0.6) is 5.75 Å². The molecule has 1 saturated heterocycles. The first-order valence-electron chi connectivity index (χ1n) is 12.5. The molecule has 0 aliphatic carbocycles. The average Bonchev–Trinajstić information content (AvgIpc) is 3.35. The van der Waals surface area contributed by atoms with Crippen molar-refractivity contribution in [2.24, 2.45) is 0 Å². The second kappa shape index (κ2) is 9.66. The molecular weight excluding hydrogens is 476 g/mol. The summed E-state index contributed by atoms with van der Waals surface area (Å²) in [6.07, 6.45) is 1.48. The molecule has 1 fully saturated rings. The highest BCUT2D eigenvalue weighted by Crippen LogP contribution is 2.42. The van der Waals surface area contributed by atoms with E-state index in [1.54, 1.807) is 4.90 Å². The largest absolute Gasteiger partial charge is 0.493 e. The molecule has 188 valence electrons. The lowest BCUT2D eigenvalue weighted by Gasteiger charge is -2.42. The molecule has 0 bridgehead atoms. The Morgan fingerprint density at radius 2 is 1.89 bits per heavy atom. The van der Waals surface area contributed by atoms with Gasteiger partial charge in [-0.25, -0.2) is 4.79 Å². The van der Waals surface area contributed by atoms with Crippen LogP contribution in [0.4, 0.5) is 4.79 Å². The van der Waals surface area contributed by atoms with Crippen LogP contribution in [0, 0.1) is 0 Å². The van der Waals surface area contributed by atoms with Crippen molar-refractivity contribution in [3.05, 3.63) is 76.3 Å². The van der Waals surface area contributed by atoms with E-state index in [-0.39, 0.29) is 11.9 Å². The third-order valence-electron chi connectivity index (χ3n) is 8.07. The molecule has 1 N–H and O–H groups in total. The van der Waals surface area contributed by atoms with Crippen LogP contribution in [0.2, 0.25) is 5.02 Å². The number of ether oxygens (including phenoxy) is 1. The number of piperidine rings is 1. The van der Waals surface area contributed by atoms with Gasteiger partial charge in [0.1, 0.15) is 5.75 Å². The summed E-state index contributed by atoms with van der Waals surface area (Å²) >= 11 is 6.43. The Hall–Kier alpha value is -3.25. The van der Waals surface area contributed by atoms with Gasteiger partial charge in [0.15, 0.2) is 0 Å². The quantitative estimate of drug-likeness (QED) is 0.457. The van der Waals surface area contributed by atoms with Crippen molar-refractivity contribution in [2.45, 2.75) is 44.1 Å². The topological polar surface area (TPSA) is 70.1 Å². The zero-order valence-corrected chi connectivity index (χ0v) is 21.4. The second-order valence-corrected chi connectivity index (χ2v) is 10.5. The van der Waals surface area contributed by atoms with Crippen LogP contribution in [0.3, 0.4) is 0 Å². The fourth-order valence-corrected chi connectivity index (χ4v) is 5.93. The maximum absolute atomic E-state index is 13.8. The summed E-state index contributed by atoms with van der Waals surface area (Å²) in [5.41, 5.74) is 2.84. The minimum absolute atomic E-state index is 0.0343. The normalized spacial score (nSPS) is 17.4. The summed E-state index contributed by atoms with van der Waals surface area (Å²) in [5.74, 6) is 0.939. The van der Waals surface area contributed by atoms with Gasteiger partial charge >= 0.3 is 6.09 Å². The van der Waals surface area contributed by atoms with Crippen LogP contribution in [-0.2, 0) is 16.6 Å². The van der Waals surface area contributed by atoms with E-state index in [0.717, 1.165) is 39.6 Å². The highest BCUT2D eigenvalue weighted by Gasteiger charge is 2.41. The third kappa shape index (κ3) is 4.50. The Bertz CT molecular complexity index is 1320. The predicted octanol–water partition coefficient (Wildman–Crippen LogP) is 6.05. The van der Waals surface area contributed by atoms with Gasteiger partial charge in [-0.15, -0.1) is 0 Å². The van der Waals surface area contributed by atoms with Crippen LogP contribution >= 0.6 is 11.6 Å². The van der Waals surface area contributed by atoms with Gasteiger partial charge in [0.05, 0.1) is 12.6 Å². The molecule has 1 atom stereocenters. The zero-order valence-electron chi connectivity index (χ0n) is 20.7. The summed E-state index contributed by atoms with van der Waals surface area (Å²) in [5, 5.41) is 12.3. The molecule has 0 radical (unpaired) electrons. The fourth-order valence-electron chi connectivity index (χ4n) is 5.70. The molecule has 1 unspecified atom stereocenters. The molecule has 6 nitrogen and oxygen atoms in total. The van der Waals surface area contributed by atoms with Gasteiger partial charge in [0.2, 0.25) is 5.91 Å². The number of amides is 2. The molecular formula is C29H31ClN2O4. The molecule has 2 aliphatic rings. The number of halogens is 1. The van der Waals surface area contributed by atoms with Gasteiger partial charge in [-0.3, -0.25) is 4.79 Å².